The van der Waals surface area contributed by atoms with Gasteiger partial charge in [-0.2, -0.15) is 5.26 Å². The molecule has 2 N–H and O–H groups in total. The number of ether oxygens (including phenoxy) is 1. The van der Waals surface area contributed by atoms with E-state index in [4.69, 9.17) is 21.6 Å². The molecule has 53 heavy (non-hydrogen) atoms. The summed E-state index contributed by atoms with van der Waals surface area (Å²) < 4.78 is 21.9. The first-order valence-electron chi connectivity index (χ1n) is 17.6. The van der Waals surface area contributed by atoms with Crippen LogP contribution in [0.15, 0.2) is 42.5 Å². The van der Waals surface area contributed by atoms with Crippen molar-refractivity contribution < 1.29 is 33.1 Å². The van der Waals surface area contributed by atoms with Crippen molar-refractivity contribution in [3.8, 4) is 11.8 Å². The standard InChI is InChI=1S/C37H34ClFN8O6/c38-27-14-25(5-1-19(27)15-40)53-24-6-3-21(4-7-24)41-34(49)28-9-11-30(44-43-28)45-17-22-13-23(18-45)46(22)16-20-2-8-26-32(33(20)39)37(52)47(36(26)51)29-10-12-31(48)42-35(29)50/h1-2,5,8-9,11,14,21-24,29H,3-4,6-7,10,12-13,16-18H2,(H,41,49)(H,42,48,50). The molecule has 1 aromatic heterocycles. The molecule has 3 unspecified atom stereocenters. The molecule has 5 aliphatic heterocycles. The lowest BCUT2D eigenvalue weighted by Crippen LogP contribution is -2.68. The largest absolute Gasteiger partial charge is 0.490 e. The van der Waals surface area contributed by atoms with Crippen molar-refractivity contribution in [1.29, 1.82) is 5.26 Å². The number of aromatic nitrogens is 2. The van der Waals surface area contributed by atoms with E-state index in [2.05, 4.69) is 30.6 Å². The highest BCUT2D eigenvalue weighted by Crippen LogP contribution is 2.37. The Morgan fingerprint density at radius 3 is 2.45 bits per heavy atom. The third kappa shape index (κ3) is 6.46. The second-order valence-electron chi connectivity index (χ2n) is 14.1. The van der Waals surface area contributed by atoms with Crippen LogP contribution in [0.25, 0.3) is 0 Å². The molecule has 2 aromatic carbocycles. The molecule has 2 bridgehead atoms. The van der Waals surface area contributed by atoms with Gasteiger partial charge >= 0.3 is 0 Å². The molecule has 14 nitrogen and oxygen atoms in total. The number of imide groups is 2. The topological polar surface area (TPSA) is 178 Å². The Balaban J connectivity index is 0.832. The molecule has 5 amide bonds. The maximum atomic E-state index is 15.9. The van der Waals surface area contributed by atoms with Gasteiger partial charge in [-0.1, -0.05) is 17.7 Å². The smallest absolute Gasteiger partial charge is 0.272 e. The molecular weight excluding hydrogens is 707 g/mol. The summed E-state index contributed by atoms with van der Waals surface area (Å²) in [4.78, 5) is 68.3. The molecule has 6 aliphatic rings. The van der Waals surface area contributed by atoms with Crippen LogP contribution in [0.2, 0.25) is 5.02 Å². The number of halogens is 2. The van der Waals surface area contributed by atoms with Gasteiger partial charge in [-0.05, 0) is 68.9 Å². The number of hydrogen-bond donors (Lipinski definition) is 2. The molecule has 272 valence electrons. The Bertz CT molecular complexity index is 2070. The monoisotopic (exact) mass is 740 g/mol. The number of piperazine rings is 1. The number of piperidine rings is 2. The predicted octanol–water partition coefficient (Wildman–Crippen LogP) is 3.13. The predicted molar refractivity (Wildman–Crippen MR) is 185 cm³/mol. The maximum Gasteiger partial charge on any atom is 0.272 e. The number of nitrogens with zero attached hydrogens (tertiary/aromatic N) is 6. The van der Waals surface area contributed by atoms with Gasteiger partial charge in [0.25, 0.3) is 17.7 Å². The third-order valence-electron chi connectivity index (χ3n) is 10.9. The molecule has 1 aliphatic carbocycles. The third-order valence-corrected chi connectivity index (χ3v) is 11.2. The maximum absolute atomic E-state index is 15.9. The van der Waals surface area contributed by atoms with E-state index >= 15 is 4.39 Å². The number of hydrogen-bond acceptors (Lipinski definition) is 11. The Morgan fingerprint density at radius 2 is 1.77 bits per heavy atom. The first-order valence-corrected chi connectivity index (χ1v) is 18.0. The second kappa shape index (κ2) is 13.8. The van der Waals surface area contributed by atoms with Crippen molar-refractivity contribution in [1.82, 2.24) is 30.6 Å². The van der Waals surface area contributed by atoms with Crippen LogP contribution in [-0.4, -0.2) is 92.9 Å². The van der Waals surface area contributed by atoms with E-state index < -0.39 is 35.5 Å². The van der Waals surface area contributed by atoms with Gasteiger partial charge in [0.15, 0.2) is 11.5 Å². The highest BCUT2D eigenvalue weighted by atomic mass is 35.5. The Labute approximate surface area is 308 Å². The van der Waals surface area contributed by atoms with Gasteiger partial charge in [-0.25, -0.2) is 4.39 Å². The van der Waals surface area contributed by atoms with Crippen molar-refractivity contribution in [2.45, 2.75) is 81.8 Å². The van der Waals surface area contributed by atoms with Gasteiger partial charge in [0, 0.05) is 55.8 Å². The zero-order valence-electron chi connectivity index (χ0n) is 28.4. The van der Waals surface area contributed by atoms with Gasteiger partial charge in [0.1, 0.15) is 23.7 Å². The van der Waals surface area contributed by atoms with Crippen LogP contribution >= 0.6 is 11.6 Å². The van der Waals surface area contributed by atoms with Crippen molar-refractivity contribution in [3.63, 3.8) is 0 Å². The van der Waals surface area contributed by atoms with E-state index in [0.29, 0.717) is 35.2 Å². The molecule has 9 rings (SSSR count). The van der Waals surface area contributed by atoms with Crippen molar-refractivity contribution in [2.75, 3.05) is 18.0 Å². The number of fused-ring (bicyclic) bond motifs is 3. The Morgan fingerprint density at radius 1 is 1.00 bits per heavy atom. The van der Waals surface area contributed by atoms with Crippen LogP contribution in [-0.2, 0) is 16.1 Å². The number of amides is 5. The molecule has 16 heteroatoms. The summed E-state index contributed by atoms with van der Waals surface area (Å²) >= 11 is 6.12. The minimum absolute atomic E-state index is 0.00384. The fraction of sp³-hybridized carbons (Fsp3) is 0.405. The fourth-order valence-electron chi connectivity index (χ4n) is 8.06. The van der Waals surface area contributed by atoms with Crippen LogP contribution in [0.3, 0.4) is 0 Å². The molecule has 6 heterocycles. The van der Waals surface area contributed by atoms with Crippen molar-refractivity contribution >= 4 is 47.0 Å². The highest BCUT2D eigenvalue weighted by molar-refractivity contribution is 6.31. The van der Waals surface area contributed by atoms with E-state index in [1.165, 1.54) is 12.1 Å². The molecule has 3 atom stereocenters. The zero-order valence-corrected chi connectivity index (χ0v) is 29.1. The minimum Gasteiger partial charge on any atom is -0.490 e. The van der Waals surface area contributed by atoms with Gasteiger partial charge in [0.05, 0.1) is 27.8 Å². The van der Waals surface area contributed by atoms with E-state index in [-0.39, 0.29) is 71.9 Å². The minimum atomic E-state index is -1.16. The van der Waals surface area contributed by atoms with E-state index in [1.807, 2.05) is 6.07 Å². The van der Waals surface area contributed by atoms with Gasteiger partial charge in [0.2, 0.25) is 11.8 Å². The van der Waals surface area contributed by atoms with Crippen molar-refractivity contribution in [3.05, 3.63) is 81.3 Å². The number of rotatable bonds is 8. The number of nitriles is 1. The number of carbonyl (C=O) groups is 5. The average molecular weight is 741 g/mol. The van der Waals surface area contributed by atoms with E-state index in [9.17, 15) is 24.0 Å². The SMILES string of the molecule is N#Cc1ccc(OC2CCC(NC(=O)c3ccc(N4CC5CC(C4)N5Cc4ccc5c(c4F)C(=O)N(C4CCC(=O)NC4=O)C5=O)nn3)CC2)cc1Cl. The Kier molecular flexibility index (Phi) is 9.03. The fourth-order valence-corrected chi connectivity index (χ4v) is 8.28. The van der Waals surface area contributed by atoms with Crippen LogP contribution in [0.1, 0.15) is 87.3 Å². The second-order valence-corrected chi connectivity index (χ2v) is 14.5. The van der Waals surface area contributed by atoms with Gasteiger partial charge in [-0.15, -0.1) is 10.2 Å². The van der Waals surface area contributed by atoms with Crippen LogP contribution in [0.5, 0.6) is 5.75 Å². The summed E-state index contributed by atoms with van der Waals surface area (Å²) in [7, 11) is 0. The number of anilines is 1. The highest BCUT2D eigenvalue weighted by Gasteiger charge is 2.48. The molecule has 0 radical (unpaired) electrons. The lowest BCUT2D eigenvalue weighted by atomic mass is 9.86. The van der Waals surface area contributed by atoms with Gasteiger partial charge in [-0.3, -0.25) is 39.1 Å². The van der Waals surface area contributed by atoms with E-state index in [1.54, 1.807) is 30.3 Å². The molecular formula is C37H34ClFN8O6. The first kappa shape index (κ1) is 34.6. The number of nitrogens with one attached hydrogen (secondary N) is 2. The lowest BCUT2D eigenvalue weighted by Gasteiger charge is -2.56. The summed E-state index contributed by atoms with van der Waals surface area (Å²) in [5.41, 5.74) is 0.475. The molecule has 1 saturated carbocycles. The van der Waals surface area contributed by atoms with E-state index in [0.717, 1.165) is 37.0 Å². The quantitative estimate of drug-likeness (QED) is 0.325. The molecule has 0 spiro atoms. The van der Waals surface area contributed by atoms with Gasteiger partial charge < -0.3 is 15.0 Å². The summed E-state index contributed by atoms with van der Waals surface area (Å²) in [5, 5.41) is 23.2. The molecule has 3 aromatic rings. The van der Waals surface area contributed by atoms with Crippen LogP contribution < -0.4 is 20.3 Å². The zero-order chi connectivity index (χ0) is 37.0. The Hall–Kier alpha value is -5.46. The number of carbonyl (C=O) groups excluding carboxylic acids is 5. The summed E-state index contributed by atoms with van der Waals surface area (Å²) in [6, 6.07) is 12.4. The number of benzene rings is 2. The van der Waals surface area contributed by atoms with Crippen LogP contribution in [0, 0.1) is 17.1 Å². The normalized spacial score (nSPS) is 25.3. The lowest BCUT2D eigenvalue weighted by molar-refractivity contribution is -0.136. The molecule has 4 saturated heterocycles. The summed E-state index contributed by atoms with van der Waals surface area (Å²) in [5.74, 6) is -2.65. The first-order chi connectivity index (χ1) is 25.6. The van der Waals surface area contributed by atoms with Crippen molar-refractivity contribution in [2.24, 2.45) is 0 Å². The molecule has 5 fully saturated rings. The van der Waals surface area contributed by atoms with Crippen LogP contribution in [0.4, 0.5) is 10.2 Å². The average Bonchev–Trinajstić information content (AvgIpc) is 3.41. The summed E-state index contributed by atoms with van der Waals surface area (Å²) in [6.45, 7) is 1.47. The summed E-state index contributed by atoms with van der Waals surface area (Å²) in [6.07, 6.45) is 3.85.